The summed E-state index contributed by atoms with van der Waals surface area (Å²) in [5.41, 5.74) is 4.44. The number of hydrogen-bond acceptors (Lipinski definition) is 4. The number of carbonyl (C=O) groups excluding carboxylic acids is 1. The summed E-state index contributed by atoms with van der Waals surface area (Å²) in [6.07, 6.45) is 4.66. The molecule has 132 valence electrons. The fraction of sp³-hybridized carbons (Fsp3) is 0.300. The molecule has 0 unspecified atom stereocenters. The standard InChI is InChI=1S/C20H21N5O/c1-13-11-18(25(2)24-13)20(26)23-17-10-6-9-16-15(17)12-21-19(22-16)14-7-4-3-5-8-14/h3-5,7-8,11-12,17H,6,9-10H2,1-2H3,(H,23,26)/t17-/m1/s1. The molecule has 6 nitrogen and oxygen atoms in total. The molecule has 2 aromatic heterocycles. The predicted molar refractivity (Wildman–Crippen MR) is 98.6 cm³/mol. The van der Waals surface area contributed by atoms with Gasteiger partial charge in [-0.25, -0.2) is 9.97 Å². The van der Waals surface area contributed by atoms with E-state index in [1.54, 1.807) is 17.8 Å². The fourth-order valence-electron chi connectivity index (χ4n) is 3.48. The third-order valence-corrected chi connectivity index (χ3v) is 4.75. The van der Waals surface area contributed by atoms with E-state index in [9.17, 15) is 4.79 Å². The summed E-state index contributed by atoms with van der Waals surface area (Å²) in [5.74, 6) is 0.622. The molecule has 0 saturated heterocycles. The number of benzene rings is 1. The molecule has 0 spiro atoms. The van der Waals surface area contributed by atoms with E-state index < -0.39 is 0 Å². The highest BCUT2D eigenvalue weighted by Crippen LogP contribution is 2.29. The van der Waals surface area contributed by atoms with E-state index in [-0.39, 0.29) is 11.9 Å². The van der Waals surface area contributed by atoms with Gasteiger partial charge in [0, 0.05) is 30.1 Å². The van der Waals surface area contributed by atoms with Crippen molar-refractivity contribution in [2.75, 3.05) is 0 Å². The largest absolute Gasteiger partial charge is 0.344 e. The number of aromatic nitrogens is 4. The Morgan fingerprint density at radius 3 is 2.81 bits per heavy atom. The van der Waals surface area contributed by atoms with Gasteiger partial charge in [0.1, 0.15) is 5.69 Å². The fourth-order valence-corrected chi connectivity index (χ4v) is 3.48. The second-order valence-electron chi connectivity index (χ2n) is 6.67. The highest BCUT2D eigenvalue weighted by atomic mass is 16.2. The summed E-state index contributed by atoms with van der Waals surface area (Å²) in [7, 11) is 1.78. The molecule has 0 fully saturated rings. The zero-order valence-corrected chi connectivity index (χ0v) is 14.9. The Kier molecular flexibility index (Phi) is 4.24. The number of aryl methyl sites for hydroxylation is 3. The summed E-state index contributed by atoms with van der Waals surface area (Å²) in [6, 6.07) is 11.7. The van der Waals surface area contributed by atoms with Gasteiger partial charge in [0.2, 0.25) is 0 Å². The Labute approximate surface area is 152 Å². The van der Waals surface area contributed by atoms with Crippen LogP contribution in [0.2, 0.25) is 0 Å². The normalized spacial score (nSPS) is 16.2. The molecule has 2 heterocycles. The molecule has 1 aliphatic rings. The predicted octanol–water partition coefficient (Wildman–Crippen LogP) is 2.99. The van der Waals surface area contributed by atoms with Crippen LogP contribution in [0.5, 0.6) is 0 Å². The molecule has 6 heteroatoms. The van der Waals surface area contributed by atoms with Gasteiger partial charge in [0.15, 0.2) is 5.82 Å². The lowest BCUT2D eigenvalue weighted by Crippen LogP contribution is -2.32. The smallest absolute Gasteiger partial charge is 0.270 e. The number of nitrogens with one attached hydrogen (secondary N) is 1. The molecule has 1 atom stereocenters. The zero-order chi connectivity index (χ0) is 18.1. The van der Waals surface area contributed by atoms with E-state index in [4.69, 9.17) is 4.98 Å². The van der Waals surface area contributed by atoms with Crippen molar-refractivity contribution in [1.82, 2.24) is 25.1 Å². The van der Waals surface area contributed by atoms with Crippen molar-refractivity contribution in [2.24, 2.45) is 7.05 Å². The second kappa shape index (κ2) is 6.71. The molecule has 0 saturated carbocycles. The third kappa shape index (κ3) is 3.10. The molecular weight excluding hydrogens is 326 g/mol. The molecule has 0 radical (unpaired) electrons. The first-order valence-electron chi connectivity index (χ1n) is 8.84. The Morgan fingerprint density at radius 1 is 1.27 bits per heavy atom. The van der Waals surface area contributed by atoms with Crippen LogP contribution in [0.3, 0.4) is 0 Å². The van der Waals surface area contributed by atoms with E-state index in [1.165, 1.54) is 0 Å². The maximum atomic E-state index is 12.6. The maximum Gasteiger partial charge on any atom is 0.270 e. The molecule has 3 aromatic rings. The van der Waals surface area contributed by atoms with Crippen LogP contribution in [0.15, 0.2) is 42.6 Å². The van der Waals surface area contributed by atoms with Gasteiger partial charge in [-0.3, -0.25) is 9.48 Å². The van der Waals surface area contributed by atoms with Crippen molar-refractivity contribution in [3.8, 4) is 11.4 Å². The van der Waals surface area contributed by atoms with Crippen LogP contribution >= 0.6 is 0 Å². The number of fused-ring (bicyclic) bond motifs is 1. The quantitative estimate of drug-likeness (QED) is 0.790. The Balaban J connectivity index is 1.59. The Morgan fingerprint density at radius 2 is 2.08 bits per heavy atom. The molecule has 1 amide bonds. The van der Waals surface area contributed by atoms with E-state index in [2.05, 4.69) is 15.4 Å². The van der Waals surface area contributed by atoms with Crippen LogP contribution < -0.4 is 5.32 Å². The molecule has 1 aliphatic carbocycles. The summed E-state index contributed by atoms with van der Waals surface area (Å²) >= 11 is 0. The van der Waals surface area contributed by atoms with Gasteiger partial charge < -0.3 is 5.32 Å². The number of carbonyl (C=O) groups is 1. The Bertz CT molecular complexity index is 948. The van der Waals surface area contributed by atoms with Crippen molar-refractivity contribution in [2.45, 2.75) is 32.2 Å². The van der Waals surface area contributed by atoms with Gasteiger partial charge in [-0.1, -0.05) is 30.3 Å². The van der Waals surface area contributed by atoms with Crippen molar-refractivity contribution >= 4 is 5.91 Å². The number of hydrogen-bond donors (Lipinski definition) is 1. The lowest BCUT2D eigenvalue weighted by molar-refractivity contribution is 0.0923. The van der Waals surface area contributed by atoms with Gasteiger partial charge >= 0.3 is 0 Å². The van der Waals surface area contributed by atoms with Crippen LogP contribution in [-0.2, 0) is 13.5 Å². The molecule has 1 N–H and O–H groups in total. The van der Waals surface area contributed by atoms with Crippen LogP contribution in [-0.4, -0.2) is 25.7 Å². The van der Waals surface area contributed by atoms with Crippen molar-refractivity contribution in [3.63, 3.8) is 0 Å². The van der Waals surface area contributed by atoms with Crippen LogP contribution in [0, 0.1) is 6.92 Å². The lowest BCUT2D eigenvalue weighted by Gasteiger charge is -2.25. The van der Waals surface area contributed by atoms with Gasteiger partial charge in [-0.05, 0) is 32.3 Å². The first kappa shape index (κ1) is 16.4. The first-order chi connectivity index (χ1) is 12.6. The molecule has 0 aliphatic heterocycles. The van der Waals surface area contributed by atoms with E-state index in [1.807, 2.05) is 43.5 Å². The van der Waals surface area contributed by atoms with Gasteiger partial charge in [0.25, 0.3) is 5.91 Å². The molecular formula is C20H21N5O. The first-order valence-corrected chi connectivity index (χ1v) is 8.84. The van der Waals surface area contributed by atoms with Gasteiger partial charge in [0.05, 0.1) is 11.7 Å². The number of amides is 1. The average Bonchev–Trinajstić information content (AvgIpc) is 3.00. The molecule has 0 bridgehead atoms. The molecule has 4 rings (SSSR count). The summed E-state index contributed by atoms with van der Waals surface area (Å²) in [6.45, 7) is 1.88. The second-order valence-corrected chi connectivity index (χ2v) is 6.67. The van der Waals surface area contributed by atoms with Crippen molar-refractivity contribution < 1.29 is 4.79 Å². The average molecular weight is 347 g/mol. The van der Waals surface area contributed by atoms with Crippen LogP contribution in [0.1, 0.15) is 46.3 Å². The van der Waals surface area contributed by atoms with Crippen molar-refractivity contribution in [3.05, 3.63) is 65.2 Å². The monoisotopic (exact) mass is 347 g/mol. The number of rotatable bonds is 3. The number of nitrogens with zero attached hydrogens (tertiary/aromatic N) is 4. The van der Waals surface area contributed by atoms with Gasteiger partial charge in [-0.2, -0.15) is 5.10 Å². The summed E-state index contributed by atoms with van der Waals surface area (Å²) < 4.78 is 1.61. The lowest BCUT2D eigenvalue weighted by atomic mass is 9.92. The minimum atomic E-state index is -0.113. The Hall–Kier alpha value is -3.02. The maximum absolute atomic E-state index is 12.6. The highest BCUT2D eigenvalue weighted by Gasteiger charge is 2.25. The third-order valence-electron chi connectivity index (χ3n) is 4.75. The minimum Gasteiger partial charge on any atom is -0.344 e. The van der Waals surface area contributed by atoms with Crippen molar-refractivity contribution in [1.29, 1.82) is 0 Å². The van der Waals surface area contributed by atoms with E-state index in [0.29, 0.717) is 5.69 Å². The topological polar surface area (TPSA) is 72.7 Å². The highest BCUT2D eigenvalue weighted by molar-refractivity contribution is 5.93. The summed E-state index contributed by atoms with van der Waals surface area (Å²) in [4.78, 5) is 21.9. The zero-order valence-electron chi connectivity index (χ0n) is 14.9. The molecule has 26 heavy (non-hydrogen) atoms. The molecule has 1 aromatic carbocycles. The van der Waals surface area contributed by atoms with E-state index >= 15 is 0 Å². The SMILES string of the molecule is Cc1cc(C(=O)N[C@@H]2CCCc3nc(-c4ccccc4)ncc32)n(C)n1. The van der Waals surface area contributed by atoms with E-state index in [0.717, 1.165) is 47.6 Å². The van der Waals surface area contributed by atoms with Gasteiger partial charge in [-0.15, -0.1) is 0 Å². The minimum absolute atomic E-state index is 0.0636. The summed E-state index contributed by atoms with van der Waals surface area (Å²) in [5, 5.41) is 7.37. The van der Waals surface area contributed by atoms with Crippen LogP contribution in [0.25, 0.3) is 11.4 Å². The van der Waals surface area contributed by atoms with Crippen LogP contribution in [0.4, 0.5) is 0 Å².